The van der Waals surface area contributed by atoms with Gasteiger partial charge < -0.3 is 4.98 Å². The topological polar surface area (TPSA) is 28.7 Å². The minimum Gasteiger partial charge on any atom is -0.336 e. The number of aromatic amines is 1. The number of H-pyrrole nitrogens is 1. The van der Waals surface area contributed by atoms with Gasteiger partial charge in [-0.25, -0.2) is 4.98 Å². The molecule has 0 aliphatic heterocycles. The van der Waals surface area contributed by atoms with Crippen LogP contribution in [0.3, 0.4) is 0 Å². The first-order valence-corrected chi connectivity index (χ1v) is 6.92. The first-order valence-electron chi connectivity index (χ1n) is 6.12. The molecule has 1 heterocycles. The highest BCUT2D eigenvalue weighted by Gasteiger charge is 2.16. The van der Waals surface area contributed by atoms with Gasteiger partial charge in [-0.2, -0.15) is 0 Å². The third-order valence-electron chi connectivity index (χ3n) is 3.13. The van der Waals surface area contributed by atoms with Crippen molar-refractivity contribution in [3.05, 3.63) is 39.8 Å². The number of hydrogen-bond donors (Lipinski definition) is 1. The minimum absolute atomic E-state index is 0.183. The lowest BCUT2D eigenvalue weighted by Crippen LogP contribution is -2.11. The Morgan fingerprint density at radius 3 is 2.28 bits per heavy atom. The number of halogens is 1. The molecule has 0 saturated carbocycles. The highest BCUT2D eigenvalue weighted by molar-refractivity contribution is 9.10. The maximum atomic E-state index is 4.53. The van der Waals surface area contributed by atoms with Crippen molar-refractivity contribution in [3.63, 3.8) is 0 Å². The van der Waals surface area contributed by atoms with Crippen LogP contribution in [0.25, 0.3) is 11.3 Å². The molecular weight excluding hydrogens is 288 g/mol. The van der Waals surface area contributed by atoms with Crippen LogP contribution in [0.1, 0.15) is 37.7 Å². The molecule has 0 aliphatic carbocycles. The largest absolute Gasteiger partial charge is 0.336 e. The lowest BCUT2D eigenvalue weighted by atomic mass is 9.85. The predicted octanol–water partition coefficient (Wildman–Crippen LogP) is 4.75. The lowest BCUT2D eigenvalue weighted by molar-refractivity contribution is 0.590. The first kappa shape index (κ1) is 13.3. The first-order chi connectivity index (χ1) is 8.29. The Balaban J connectivity index is 2.51. The zero-order chi connectivity index (χ0) is 13.5. The molecule has 18 heavy (non-hydrogen) atoms. The summed E-state index contributed by atoms with van der Waals surface area (Å²) < 4.78 is 0.951. The Hall–Kier alpha value is -1.09. The summed E-state index contributed by atoms with van der Waals surface area (Å²) in [4.78, 5) is 7.71. The Bertz CT molecular complexity index is 577. The third-order valence-corrected chi connectivity index (χ3v) is 3.70. The van der Waals surface area contributed by atoms with E-state index in [2.05, 4.69) is 71.8 Å². The molecule has 0 fully saturated rings. The van der Waals surface area contributed by atoms with Crippen LogP contribution in [0.2, 0.25) is 0 Å². The Morgan fingerprint density at radius 2 is 1.83 bits per heavy atom. The van der Waals surface area contributed by atoms with Crippen LogP contribution in [-0.2, 0) is 5.41 Å². The average Bonchev–Trinajstić information content (AvgIpc) is 2.56. The summed E-state index contributed by atoms with van der Waals surface area (Å²) in [6.45, 7) is 10.8. The molecule has 1 N–H and O–H groups in total. The summed E-state index contributed by atoms with van der Waals surface area (Å²) in [6, 6.07) is 6.61. The molecule has 0 saturated heterocycles. The maximum absolute atomic E-state index is 4.53. The molecule has 0 amide bonds. The van der Waals surface area contributed by atoms with Crippen molar-refractivity contribution in [3.8, 4) is 11.3 Å². The van der Waals surface area contributed by atoms with Crippen LogP contribution in [0.15, 0.2) is 22.8 Å². The molecule has 0 aliphatic rings. The van der Waals surface area contributed by atoms with E-state index in [1.54, 1.807) is 0 Å². The number of benzene rings is 1. The molecule has 0 bridgehead atoms. The standard InChI is InChI=1S/C15H19BrN2/c1-9-8-11(15(3,4)5)6-7-12(9)13-14(16)18-10(2)17-13/h6-8H,1-5H3,(H,17,18). The second kappa shape index (κ2) is 4.54. The van der Waals surface area contributed by atoms with Gasteiger partial charge in [-0.05, 0) is 46.3 Å². The zero-order valence-electron chi connectivity index (χ0n) is 11.6. The molecule has 1 aromatic heterocycles. The molecular formula is C15H19BrN2. The van der Waals surface area contributed by atoms with Crippen molar-refractivity contribution in [2.45, 2.75) is 40.0 Å². The molecule has 2 rings (SSSR count). The van der Waals surface area contributed by atoms with Crippen molar-refractivity contribution >= 4 is 15.9 Å². The van der Waals surface area contributed by atoms with E-state index in [-0.39, 0.29) is 5.41 Å². The number of aryl methyl sites for hydroxylation is 2. The number of aromatic nitrogens is 2. The van der Waals surface area contributed by atoms with Crippen molar-refractivity contribution in [2.75, 3.05) is 0 Å². The molecule has 3 heteroatoms. The molecule has 0 atom stereocenters. The van der Waals surface area contributed by atoms with Gasteiger partial charge in [0.15, 0.2) is 0 Å². The molecule has 0 unspecified atom stereocenters. The van der Waals surface area contributed by atoms with Crippen LogP contribution >= 0.6 is 15.9 Å². The highest BCUT2D eigenvalue weighted by Crippen LogP contribution is 2.31. The van der Waals surface area contributed by atoms with Gasteiger partial charge in [0.05, 0.1) is 0 Å². The number of nitrogens with zero attached hydrogens (tertiary/aromatic N) is 1. The summed E-state index contributed by atoms with van der Waals surface area (Å²) in [6.07, 6.45) is 0. The van der Waals surface area contributed by atoms with Gasteiger partial charge in [0, 0.05) is 5.56 Å². The fourth-order valence-electron chi connectivity index (χ4n) is 2.04. The highest BCUT2D eigenvalue weighted by atomic mass is 79.9. The van der Waals surface area contributed by atoms with Crippen LogP contribution in [0.5, 0.6) is 0 Å². The number of imidazole rings is 1. The second-order valence-electron chi connectivity index (χ2n) is 5.76. The van der Waals surface area contributed by atoms with E-state index in [4.69, 9.17) is 0 Å². The summed E-state index contributed by atoms with van der Waals surface area (Å²) in [7, 11) is 0. The van der Waals surface area contributed by atoms with Crippen LogP contribution in [0, 0.1) is 13.8 Å². The van der Waals surface area contributed by atoms with E-state index in [0.717, 1.165) is 16.1 Å². The fourth-order valence-corrected chi connectivity index (χ4v) is 2.63. The Labute approximate surface area is 117 Å². The molecule has 1 aromatic carbocycles. The number of rotatable bonds is 1. The van der Waals surface area contributed by atoms with Crippen molar-refractivity contribution in [1.29, 1.82) is 0 Å². The Kier molecular flexibility index (Phi) is 3.37. The Morgan fingerprint density at radius 1 is 1.17 bits per heavy atom. The van der Waals surface area contributed by atoms with Crippen molar-refractivity contribution < 1.29 is 0 Å². The maximum Gasteiger partial charge on any atom is 0.110 e. The molecule has 2 nitrogen and oxygen atoms in total. The molecule has 96 valence electrons. The summed E-state index contributed by atoms with van der Waals surface area (Å²) >= 11 is 3.53. The van der Waals surface area contributed by atoms with E-state index in [9.17, 15) is 0 Å². The van der Waals surface area contributed by atoms with Gasteiger partial charge in [-0.3, -0.25) is 0 Å². The van der Waals surface area contributed by atoms with E-state index < -0.39 is 0 Å². The molecule has 0 spiro atoms. The summed E-state index contributed by atoms with van der Waals surface area (Å²) in [5.74, 6) is 0.927. The fraction of sp³-hybridized carbons (Fsp3) is 0.400. The van der Waals surface area contributed by atoms with Gasteiger partial charge in [-0.15, -0.1) is 0 Å². The predicted molar refractivity (Wildman–Crippen MR) is 79.9 cm³/mol. The van der Waals surface area contributed by atoms with Gasteiger partial charge in [0.1, 0.15) is 16.1 Å². The normalized spacial score (nSPS) is 11.9. The van der Waals surface area contributed by atoms with E-state index in [0.29, 0.717) is 0 Å². The van der Waals surface area contributed by atoms with E-state index in [1.807, 2.05) is 6.92 Å². The quantitative estimate of drug-likeness (QED) is 0.809. The zero-order valence-corrected chi connectivity index (χ0v) is 13.1. The van der Waals surface area contributed by atoms with E-state index in [1.165, 1.54) is 16.7 Å². The van der Waals surface area contributed by atoms with Crippen LogP contribution < -0.4 is 0 Å². The van der Waals surface area contributed by atoms with E-state index >= 15 is 0 Å². The monoisotopic (exact) mass is 306 g/mol. The van der Waals surface area contributed by atoms with Crippen molar-refractivity contribution in [2.24, 2.45) is 0 Å². The molecule has 2 aromatic rings. The van der Waals surface area contributed by atoms with Gasteiger partial charge in [0.25, 0.3) is 0 Å². The van der Waals surface area contributed by atoms with Gasteiger partial charge in [-0.1, -0.05) is 39.0 Å². The van der Waals surface area contributed by atoms with Gasteiger partial charge in [0.2, 0.25) is 0 Å². The number of nitrogens with one attached hydrogen (secondary N) is 1. The number of hydrogen-bond acceptors (Lipinski definition) is 1. The smallest absolute Gasteiger partial charge is 0.110 e. The van der Waals surface area contributed by atoms with Crippen LogP contribution in [0.4, 0.5) is 0 Å². The van der Waals surface area contributed by atoms with Gasteiger partial charge >= 0.3 is 0 Å². The summed E-state index contributed by atoms with van der Waals surface area (Å²) in [5.41, 5.74) is 4.97. The summed E-state index contributed by atoms with van der Waals surface area (Å²) in [5, 5.41) is 0. The third kappa shape index (κ3) is 2.51. The average molecular weight is 307 g/mol. The molecule has 0 radical (unpaired) electrons. The van der Waals surface area contributed by atoms with Crippen molar-refractivity contribution in [1.82, 2.24) is 9.97 Å². The lowest BCUT2D eigenvalue weighted by Gasteiger charge is -2.20. The SMILES string of the molecule is Cc1nc(-c2ccc(C(C)(C)C)cc2C)c(Br)[nH]1. The van der Waals surface area contributed by atoms with Crippen LogP contribution in [-0.4, -0.2) is 9.97 Å². The minimum atomic E-state index is 0.183. The second-order valence-corrected chi connectivity index (χ2v) is 6.56.